The normalized spacial score (nSPS) is 22.9. The molecule has 0 radical (unpaired) electrons. The van der Waals surface area contributed by atoms with Gasteiger partial charge < -0.3 is 19.7 Å². The van der Waals surface area contributed by atoms with Crippen LogP contribution in [0, 0.1) is 22.2 Å². The first-order chi connectivity index (χ1) is 27.2. The third-order valence-corrected chi connectivity index (χ3v) is 12.2. The Morgan fingerprint density at radius 2 is 1.63 bits per heavy atom. The molecule has 13 nitrogen and oxygen atoms in total. The number of fused-ring (bicyclic) bond motifs is 1. The number of ether oxygens (including phenoxy) is 2. The fourth-order valence-corrected chi connectivity index (χ4v) is 9.34. The summed E-state index contributed by atoms with van der Waals surface area (Å²) < 4.78 is 12.6. The van der Waals surface area contributed by atoms with Crippen LogP contribution in [0.2, 0.25) is 5.02 Å². The molecule has 1 atom stereocenters. The first kappa shape index (κ1) is 39.9. The molecule has 1 saturated carbocycles. The van der Waals surface area contributed by atoms with Crippen LogP contribution in [0.1, 0.15) is 109 Å². The second-order valence-corrected chi connectivity index (χ2v) is 17.0. The standard InChI is InChI=1S/C43H47ClN6O7/c1-42(2)40(43(3,4)41(42)57-30-11-9-25(23-45)33(44)22-30)48-36(52)26-8-10-27(46-24-26)7-5-6-18-49-19-16-28(17-20-49)56-29-12-13-31-32(21-29)39(55)50(38(31)54)34-14-15-35(51)47-37(34)53/h8-13,21-22,24,28,34,40-41H,5-7,14-20H2,1-4H3,(H,48,52)(H,47,51,53). The molecule has 3 aliphatic heterocycles. The number of hydrogen-bond acceptors (Lipinski definition) is 10. The Morgan fingerprint density at radius 1 is 0.930 bits per heavy atom. The van der Waals surface area contributed by atoms with Crippen LogP contribution in [0.5, 0.6) is 11.5 Å². The van der Waals surface area contributed by atoms with Crippen molar-refractivity contribution < 1.29 is 33.4 Å². The number of benzene rings is 2. The van der Waals surface area contributed by atoms with Crippen LogP contribution in [-0.4, -0.2) is 88.2 Å². The molecule has 0 bridgehead atoms. The minimum atomic E-state index is -1.00. The number of hydrogen-bond donors (Lipinski definition) is 2. The van der Waals surface area contributed by atoms with E-state index in [2.05, 4.69) is 54.3 Å². The number of imide groups is 2. The summed E-state index contributed by atoms with van der Waals surface area (Å²) in [6.45, 7) is 11.0. The van der Waals surface area contributed by atoms with E-state index in [0.717, 1.165) is 62.3 Å². The highest BCUT2D eigenvalue weighted by atomic mass is 35.5. The molecule has 298 valence electrons. The van der Waals surface area contributed by atoms with Crippen molar-refractivity contribution in [2.45, 2.75) is 96.9 Å². The summed E-state index contributed by atoms with van der Waals surface area (Å²) in [5.41, 5.74) is 1.54. The summed E-state index contributed by atoms with van der Waals surface area (Å²) in [4.78, 5) is 71.4. The zero-order valence-corrected chi connectivity index (χ0v) is 33.4. The van der Waals surface area contributed by atoms with Crippen LogP contribution in [0.25, 0.3) is 0 Å². The van der Waals surface area contributed by atoms with Gasteiger partial charge in [-0.1, -0.05) is 39.3 Å². The number of piperidine rings is 2. The summed E-state index contributed by atoms with van der Waals surface area (Å²) in [6.07, 6.45) is 6.03. The number of amides is 5. The van der Waals surface area contributed by atoms with Gasteiger partial charge in [-0.15, -0.1) is 0 Å². The van der Waals surface area contributed by atoms with Crippen LogP contribution in [0.15, 0.2) is 54.7 Å². The van der Waals surface area contributed by atoms with E-state index in [1.165, 1.54) is 0 Å². The van der Waals surface area contributed by atoms with Crippen molar-refractivity contribution in [3.8, 4) is 17.6 Å². The van der Waals surface area contributed by atoms with Gasteiger partial charge in [-0.05, 0) is 87.5 Å². The zero-order chi connectivity index (χ0) is 40.6. The smallest absolute Gasteiger partial charge is 0.262 e. The molecule has 1 aliphatic carbocycles. The van der Waals surface area contributed by atoms with Crippen LogP contribution in [0.3, 0.4) is 0 Å². The monoisotopic (exact) mass is 794 g/mol. The number of pyridine rings is 1. The van der Waals surface area contributed by atoms with Crippen molar-refractivity contribution >= 4 is 41.1 Å². The molecular weight excluding hydrogens is 748 g/mol. The van der Waals surface area contributed by atoms with Crippen molar-refractivity contribution in [1.29, 1.82) is 5.26 Å². The summed E-state index contributed by atoms with van der Waals surface area (Å²) in [6, 6.07) is 14.6. The molecule has 2 saturated heterocycles. The molecular formula is C43H47ClN6O7. The van der Waals surface area contributed by atoms with E-state index in [1.807, 2.05) is 12.1 Å². The quantitative estimate of drug-likeness (QED) is 0.177. The summed E-state index contributed by atoms with van der Waals surface area (Å²) in [5, 5.41) is 15.0. The van der Waals surface area contributed by atoms with Crippen LogP contribution >= 0.6 is 11.6 Å². The molecule has 3 aromatic rings. The number of likely N-dealkylation sites (tertiary alicyclic amines) is 1. The minimum Gasteiger partial charge on any atom is -0.490 e. The third-order valence-electron chi connectivity index (χ3n) is 11.9. The number of carbonyl (C=O) groups excluding carboxylic acids is 5. The highest BCUT2D eigenvalue weighted by Gasteiger charge is 2.64. The topological polar surface area (TPSA) is 171 Å². The summed E-state index contributed by atoms with van der Waals surface area (Å²) in [7, 11) is 0. The molecule has 7 rings (SSSR count). The van der Waals surface area contributed by atoms with Gasteiger partial charge in [-0.3, -0.25) is 39.2 Å². The van der Waals surface area contributed by atoms with Crippen molar-refractivity contribution in [1.82, 2.24) is 25.4 Å². The Hall–Kier alpha value is -5.32. The van der Waals surface area contributed by atoms with Crippen LogP contribution in [-0.2, 0) is 16.0 Å². The number of nitrogens with zero attached hydrogens (tertiary/aromatic N) is 4. The van der Waals surface area contributed by atoms with E-state index in [-0.39, 0.29) is 59.0 Å². The molecule has 3 fully saturated rings. The predicted octanol–water partition coefficient (Wildman–Crippen LogP) is 5.49. The van der Waals surface area contributed by atoms with Gasteiger partial charge in [0.05, 0.1) is 27.3 Å². The number of halogens is 1. The van der Waals surface area contributed by atoms with Crippen LogP contribution in [0.4, 0.5) is 0 Å². The molecule has 14 heteroatoms. The number of carbonyl (C=O) groups is 5. The summed E-state index contributed by atoms with van der Waals surface area (Å²) in [5.74, 6) is -1.21. The number of nitriles is 1. The second-order valence-electron chi connectivity index (χ2n) is 16.6. The molecule has 4 heterocycles. The van der Waals surface area contributed by atoms with Gasteiger partial charge in [0, 0.05) is 54.3 Å². The first-order valence-electron chi connectivity index (χ1n) is 19.5. The van der Waals surface area contributed by atoms with Gasteiger partial charge in [0.25, 0.3) is 17.7 Å². The van der Waals surface area contributed by atoms with Crippen molar-refractivity contribution in [3.63, 3.8) is 0 Å². The molecule has 1 unspecified atom stereocenters. The highest BCUT2D eigenvalue weighted by molar-refractivity contribution is 6.31. The minimum absolute atomic E-state index is 0.0256. The second kappa shape index (κ2) is 15.9. The Balaban J connectivity index is 0.821. The maximum Gasteiger partial charge on any atom is 0.262 e. The number of aryl methyl sites for hydroxylation is 1. The molecule has 0 spiro atoms. The SMILES string of the molecule is CC1(C)C(NC(=O)c2ccc(CCCCN3CCC(Oc4ccc5c(c4)C(=O)N(C4CCC(=O)NC4=O)C5=O)CC3)nc2)C(C)(C)C1Oc1ccc(C#N)c(Cl)c1. The Labute approximate surface area is 337 Å². The van der Waals surface area contributed by atoms with Gasteiger partial charge in [0.2, 0.25) is 11.8 Å². The molecule has 2 aromatic carbocycles. The van der Waals surface area contributed by atoms with E-state index in [1.54, 1.807) is 42.6 Å². The van der Waals surface area contributed by atoms with E-state index in [0.29, 0.717) is 27.6 Å². The zero-order valence-electron chi connectivity index (χ0n) is 32.6. The fraction of sp³-hybridized carbons (Fsp3) is 0.465. The average Bonchev–Trinajstić information content (AvgIpc) is 3.43. The maximum atomic E-state index is 13.3. The van der Waals surface area contributed by atoms with Crippen molar-refractivity contribution in [3.05, 3.63) is 87.7 Å². The van der Waals surface area contributed by atoms with Gasteiger partial charge in [-0.25, -0.2) is 0 Å². The van der Waals surface area contributed by atoms with E-state index in [9.17, 15) is 29.2 Å². The molecule has 4 aliphatic rings. The lowest BCUT2D eigenvalue weighted by atomic mass is 9.49. The Bertz CT molecular complexity index is 2120. The lowest BCUT2D eigenvalue weighted by molar-refractivity contribution is -0.164. The van der Waals surface area contributed by atoms with E-state index in [4.69, 9.17) is 21.1 Å². The Morgan fingerprint density at radius 3 is 2.30 bits per heavy atom. The number of nitrogens with one attached hydrogen (secondary N) is 2. The van der Waals surface area contributed by atoms with Gasteiger partial charge in [0.1, 0.15) is 35.8 Å². The Kier molecular flexibility index (Phi) is 11.1. The maximum absolute atomic E-state index is 13.3. The van der Waals surface area contributed by atoms with E-state index >= 15 is 0 Å². The number of aromatic nitrogens is 1. The number of unbranched alkanes of at least 4 members (excludes halogenated alkanes) is 1. The molecule has 57 heavy (non-hydrogen) atoms. The lowest BCUT2D eigenvalue weighted by Gasteiger charge is -2.63. The van der Waals surface area contributed by atoms with Crippen LogP contribution < -0.4 is 20.1 Å². The largest absolute Gasteiger partial charge is 0.490 e. The van der Waals surface area contributed by atoms with Gasteiger partial charge in [-0.2, -0.15) is 5.26 Å². The molecule has 5 amide bonds. The van der Waals surface area contributed by atoms with Crippen molar-refractivity contribution in [2.75, 3.05) is 19.6 Å². The molecule has 2 N–H and O–H groups in total. The summed E-state index contributed by atoms with van der Waals surface area (Å²) >= 11 is 6.23. The first-order valence-corrected chi connectivity index (χ1v) is 19.9. The third kappa shape index (κ3) is 7.98. The lowest BCUT2D eigenvalue weighted by Crippen LogP contribution is -2.74. The molecule has 1 aromatic heterocycles. The van der Waals surface area contributed by atoms with Gasteiger partial charge >= 0.3 is 0 Å². The fourth-order valence-electron chi connectivity index (χ4n) is 9.13. The van der Waals surface area contributed by atoms with E-state index < -0.39 is 29.7 Å². The van der Waals surface area contributed by atoms with Gasteiger partial charge in [0.15, 0.2) is 0 Å². The number of rotatable bonds is 12. The predicted molar refractivity (Wildman–Crippen MR) is 210 cm³/mol. The highest BCUT2D eigenvalue weighted by Crippen LogP contribution is 2.55. The van der Waals surface area contributed by atoms with Crippen molar-refractivity contribution in [2.24, 2.45) is 10.8 Å². The average molecular weight is 795 g/mol.